The number of fused-ring (bicyclic) bond motifs is 36. The number of carbonyl (C=O) groups excluding carboxylic acids is 8. The van der Waals surface area contributed by atoms with E-state index in [0.29, 0.717) is 24.2 Å². The number of nitrogens with one attached hydrogen (secondary N) is 4. The zero-order valence-electron chi connectivity index (χ0n) is 43.1. The maximum absolute atomic E-state index is 15.1. The first-order valence-corrected chi connectivity index (χ1v) is 27.7. The van der Waals surface area contributed by atoms with E-state index in [9.17, 15) is 28.0 Å². The SMILES string of the molecule is COC(=O)[C@@]12C[C@@](C(=O)OC)([C@H]3[C@H]4O[C@H]([C@@H]5[C@@H]6C[C@H]([C@H]45)[C@@H]4[C@H]6[C@]5(C(=O)OC)O[C@@]4(C(=O)OC)[C@H]4[C@H]6C[C@H]([C@H]7C(=O)N(CCNC(=S)Nc8ccc(F)cc8)C(=O)[C@@H]67)[C@H]45)[C@H]31)[C@H]1C(=O)N(CCNC(=S)Nc3ccc(F)cc3)C(=O)[C@H]12. The zero-order chi connectivity index (χ0) is 55.3. The third-order valence-electron chi connectivity index (χ3n) is 21.9. The van der Waals surface area contributed by atoms with Crippen LogP contribution in [0.3, 0.4) is 0 Å². The lowest BCUT2D eigenvalue weighted by molar-refractivity contribution is -0.188. The van der Waals surface area contributed by atoms with Crippen LogP contribution < -0.4 is 21.3 Å². The summed E-state index contributed by atoms with van der Waals surface area (Å²) in [6.07, 6.45) is -0.826. The van der Waals surface area contributed by atoms with E-state index in [1.807, 2.05) is 0 Å². The van der Waals surface area contributed by atoms with Crippen LogP contribution in [0.2, 0.25) is 0 Å². The standard InChI is InChI=1S/C55H56F2N6O14S2/c1-72-46(68)52-19-53(47(69)73-2,39-38(52)44(66)63(45(39)67)16-14-59-51(79)61-23-11-7-21(57)8-12-23)37-36(52)40-28-24-17-25(29(28)41(37)76-40)33-32(24)54(48(70)74-3)34-26-18-27(35(34)55(33,77-54)49(71)75-4)31-30(26)42(64)62(43(31)65)15-13-58-50(78)60-22-9-5-20(56)6-10-22/h5-12,24-41H,13-19H2,1-4H3,(H2,58,60,78)(H2,59,61,79)/t24-,25+,26+,27-,28+,29-,30+,31-,32-,33+,34+,35-,36-,37+,38-,39+,40+,41-,52-,53+,54-,55+. The molecule has 79 heavy (non-hydrogen) atoms. The van der Waals surface area contributed by atoms with Crippen LogP contribution >= 0.6 is 24.4 Å². The largest absolute Gasteiger partial charge is 0.469 e. The van der Waals surface area contributed by atoms with Crippen LogP contribution in [0.25, 0.3) is 0 Å². The van der Waals surface area contributed by atoms with Crippen molar-refractivity contribution in [3.63, 3.8) is 0 Å². The Morgan fingerprint density at radius 2 is 0.924 bits per heavy atom. The van der Waals surface area contributed by atoms with Gasteiger partial charge in [-0.15, -0.1) is 0 Å². The Labute approximate surface area is 461 Å². The Morgan fingerprint density at radius 3 is 1.32 bits per heavy atom. The average molecular weight is 1130 g/mol. The number of benzene rings is 2. The second-order valence-corrected chi connectivity index (χ2v) is 24.7. The number of nitrogens with zero attached hydrogens (tertiary/aromatic N) is 2. The molecule has 2 aromatic rings. The van der Waals surface area contributed by atoms with Gasteiger partial charge in [-0.1, -0.05) is 0 Å². The molecule has 4 N–H and O–H groups in total. The number of amides is 4. The summed E-state index contributed by atoms with van der Waals surface area (Å²) in [5.41, 5.74) is -5.87. The quantitative estimate of drug-likeness (QED) is 0.103. The van der Waals surface area contributed by atoms with E-state index in [-0.39, 0.29) is 78.3 Å². The molecule has 22 atom stereocenters. The first-order valence-electron chi connectivity index (χ1n) is 26.9. The molecule has 20 nitrogen and oxygen atoms in total. The summed E-state index contributed by atoms with van der Waals surface area (Å²) >= 11 is 10.9. The first-order chi connectivity index (χ1) is 37.9. The number of esters is 4. The van der Waals surface area contributed by atoms with Crippen molar-refractivity contribution in [1.82, 2.24) is 20.4 Å². The highest BCUT2D eigenvalue weighted by molar-refractivity contribution is 7.80. The van der Waals surface area contributed by atoms with Gasteiger partial charge in [-0.25, -0.2) is 18.4 Å². The smallest absolute Gasteiger partial charge is 0.338 e. The Balaban J connectivity index is 0.781. The van der Waals surface area contributed by atoms with Crippen molar-refractivity contribution >= 4 is 93.5 Å². The van der Waals surface area contributed by atoms with E-state index in [2.05, 4.69) is 21.3 Å². The predicted molar refractivity (Wildman–Crippen MR) is 273 cm³/mol. The maximum Gasteiger partial charge on any atom is 0.338 e. The molecule has 6 aliphatic heterocycles. The average Bonchev–Trinajstić information content (AvgIpc) is 1.50. The summed E-state index contributed by atoms with van der Waals surface area (Å²) in [6.45, 7) is -0.0759. The maximum atomic E-state index is 15.1. The van der Waals surface area contributed by atoms with Crippen LogP contribution in [-0.2, 0) is 66.8 Å². The van der Waals surface area contributed by atoms with Gasteiger partial charge in [-0.05, 0) is 128 Å². The molecule has 0 radical (unpaired) electrons. The van der Waals surface area contributed by atoms with Crippen LogP contribution in [-0.4, -0.2) is 146 Å². The summed E-state index contributed by atoms with van der Waals surface area (Å²) in [5, 5.41) is 12.2. The number of anilines is 2. The van der Waals surface area contributed by atoms with Gasteiger partial charge < -0.3 is 49.7 Å². The van der Waals surface area contributed by atoms with E-state index in [1.54, 1.807) is 0 Å². The number of ether oxygens (including phenoxy) is 6. The number of methoxy groups -OCH3 is 4. The molecule has 416 valence electrons. The van der Waals surface area contributed by atoms with Gasteiger partial charge in [0, 0.05) is 73.1 Å². The molecule has 2 aromatic carbocycles. The summed E-state index contributed by atoms with van der Waals surface area (Å²) in [4.78, 5) is 122. The Hall–Kier alpha value is -6.24. The topological polar surface area (TPSA) is 247 Å². The number of halogens is 2. The number of carbonyl (C=O) groups is 8. The lowest BCUT2D eigenvalue weighted by Gasteiger charge is -2.55. The Morgan fingerprint density at radius 1 is 0.557 bits per heavy atom. The predicted octanol–water partition coefficient (Wildman–Crippen LogP) is 2.05. The molecule has 6 aliphatic carbocycles. The number of hydrogen-bond donors (Lipinski definition) is 4. The van der Waals surface area contributed by atoms with Crippen LogP contribution in [0.4, 0.5) is 20.2 Å². The molecule has 24 heteroatoms. The van der Waals surface area contributed by atoms with Gasteiger partial charge in [0.1, 0.15) is 11.6 Å². The van der Waals surface area contributed by atoms with E-state index in [0.717, 1.165) is 4.90 Å². The molecule has 12 fully saturated rings. The minimum atomic E-state index is -1.75. The fraction of sp³-hybridized carbons (Fsp3) is 0.600. The van der Waals surface area contributed by atoms with Crippen molar-refractivity contribution < 1.29 is 75.6 Å². The second-order valence-electron chi connectivity index (χ2n) is 23.9. The monoisotopic (exact) mass is 1130 g/mol. The normalized spacial score (nSPS) is 43.6. The lowest BCUT2D eigenvalue weighted by Crippen LogP contribution is -2.66. The van der Waals surface area contributed by atoms with Gasteiger partial charge in [-0.2, -0.15) is 0 Å². The highest BCUT2D eigenvalue weighted by Gasteiger charge is 2.96. The van der Waals surface area contributed by atoms with Gasteiger partial charge in [0.15, 0.2) is 21.4 Å². The summed E-state index contributed by atoms with van der Waals surface area (Å²) in [6, 6.07) is 11.1. The van der Waals surface area contributed by atoms with Crippen molar-refractivity contribution in [2.45, 2.75) is 42.7 Å². The minimum Gasteiger partial charge on any atom is -0.469 e. The van der Waals surface area contributed by atoms with Gasteiger partial charge in [0.2, 0.25) is 23.6 Å². The molecule has 4 amide bonds. The Kier molecular flexibility index (Phi) is 11.1. The molecular formula is C55H56F2N6O14S2. The summed E-state index contributed by atoms with van der Waals surface area (Å²) in [7, 11) is 4.97. The summed E-state index contributed by atoms with van der Waals surface area (Å²) in [5.74, 6) is -17.0. The van der Waals surface area contributed by atoms with Crippen LogP contribution in [0.5, 0.6) is 0 Å². The first kappa shape index (κ1) is 50.9. The minimum absolute atomic E-state index is 0.00121. The van der Waals surface area contributed by atoms with Crippen molar-refractivity contribution in [3.05, 3.63) is 60.2 Å². The number of thiocarbonyl (C=S) groups is 2. The molecule has 0 unspecified atom stereocenters. The van der Waals surface area contributed by atoms with E-state index in [4.69, 9.17) is 52.9 Å². The lowest BCUT2D eigenvalue weighted by atomic mass is 9.43. The molecule has 0 spiro atoms. The third-order valence-corrected chi connectivity index (χ3v) is 22.4. The Bertz CT molecular complexity index is 3010. The van der Waals surface area contributed by atoms with Crippen molar-refractivity contribution in [2.75, 3.05) is 65.3 Å². The van der Waals surface area contributed by atoms with E-state index in [1.165, 1.54) is 81.9 Å². The van der Waals surface area contributed by atoms with Crippen molar-refractivity contribution in [3.8, 4) is 0 Å². The van der Waals surface area contributed by atoms with Gasteiger partial charge in [-0.3, -0.25) is 38.6 Å². The molecule has 6 saturated carbocycles. The van der Waals surface area contributed by atoms with Crippen molar-refractivity contribution in [2.24, 2.45) is 106 Å². The van der Waals surface area contributed by atoms with Crippen LogP contribution in [0.15, 0.2) is 48.5 Å². The highest BCUT2D eigenvalue weighted by atomic mass is 32.1. The molecule has 14 rings (SSSR count). The fourth-order valence-corrected chi connectivity index (χ4v) is 20.9. The number of imide groups is 2. The fourth-order valence-electron chi connectivity index (χ4n) is 20.5. The molecule has 0 aromatic heterocycles. The molecule has 6 saturated heterocycles. The van der Waals surface area contributed by atoms with Gasteiger partial charge in [0.25, 0.3) is 0 Å². The van der Waals surface area contributed by atoms with Gasteiger partial charge >= 0.3 is 23.9 Å². The van der Waals surface area contributed by atoms with Crippen LogP contribution in [0.1, 0.15) is 19.3 Å². The number of rotatable bonds is 12. The third kappa shape index (κ3) is 5.97. The van der Waals surface area contributed by atoms with E-state index < -0.39 is 153 Å². The summed E-state index contributed by atoms with van der Waals surface area (Å²) < 4.78 is 64.2. The molecular weight excluding hydrogens is 1070 g/mol. The van der Waals surface area contributed by atoms with Crippen LogP contribution in [0, 0.1) is 117 Å². The van der Waals surface area contributed by atoms with E-state index >= 15 is 19.2 Å². The molecule has 12 aliphatic rings. The zero-order valence-corrected chi connectivity index (χ0v) is 44.8. The highest BCUT2D eigenvalue weighted by Crippen LogP contribution is 2.88. The molecule has 6 heterocycles. The molecule has 10 bridgehead atoms. The number of likely N-dealkylation sites (tertiary alicyclic amines) is 2. The van der Waals surface area contributed by atoms with Gasteiger partial charge in [0.05, 0.1) is 75.1 Å². The number of hydrogen-bond acceptors (Lipinski definition) is 16. The second kappa shape index (κ2) is 17.1. The van der Waals surface area contributed by atoms with Crippen molar-refractivity contribution in [1.29, 1.82) is 0 Å².